The van der Waals surface area contributed by atoms with Crippen molar-refractivity contribution in [3.63, 3.8) is 0 Å². The number of nitrogens with zero attached hydrogens (tertiary/aromatic N) is 17. The number of hydrogen-bond donors (Lipinski definition) is 1. The van der Waals surface area contributed by atoms with Crippen molar-refractivity contribution in [2.75, 3.05) is 34.5 Å². The van der Waals surface area contributed by atoms with Gasteiger partial charge in [-0.3, -0.25) is 27.4 Å². The third kappa shape index (κ3) is 12.4. The number of nitrogens with one attached hydrogen (secondary N) is 1. The summed E-state index contributed by atoms with van der Waals surface area (Å²) in [6, 6.07) is 22.2. The van der Waals surface area contributed by atoms with Crippen molar-refractivity contribution in [3.8, 4) is 17.8 Å². The van der Waals surface area contributed by atoms with Crippen LogP contribution in [0.2, 0.25) is 0 Å². The highest BCUT2D eigenvalue weighted by Gasteiger charge is 2.34. The molecule has 3 saturated heterocycles. The number of aromatic amines is 1. The minimum Gasteiger partial charge on any atom is -0.443 e. The van der Waals surface area contributed by atoms with Crippen LogP contribution in [0.5, 0.6) is 0 Å². The Morgan fingerprint density at radius 3 is 1.23 bits per heavy atom. The van der Waals surface area contributed by atoms with Gasteiger partial charge in [0.15, 0.2) is 16.9 Å². The molecule has 3 aliphatic heterocycles. The van der Waals surface area contributed by atoms with Crippen LogP contribution < -0.4 is 17.1 Å². The largest absolute Gasteiger partial charge is 0.443 e. The second-order valence-electron chi connectivity index (χ2n) is 24.8. The Morgan fingerprint density at radius 1 is 0.473 bits per heavy atom. The van der Waals surface area contributed by atoms with Gasteiger partial charge in [-0.15, -0.1) is 0 Å². The molecular formula is C61H64N18O11S3. The Balaban J connectivity index is 0.000000128. The van der Waals surface area contributed by atoms with E-state index in [1.165, 1.54) is 17.0 Å². The molecule has 0 radical (unpaired) electrons. The Morgan fingerprint density at radius 2 is 0.828 bits per heavy atom. The number of thioether (sulfide) groups is 1. The molecule has 9 aromatic heterocycles. The monoisotopic (exact) mass is 1320 g/mol. The van der Waals surface area contributed by atoms with Gasteiger partial charge in [0, 0.05) is 18.1 Å². The maximum absolute atomic E-state index is 13.5. The molecule has 3 aliphatic rings. The maximum atomic E-state index is 13.5. The second kappa shape index (κ2) is 24.1. The van der Waals surface area contributed by atoms with E-state index in [1.807, 2.05) is 84.6 Å². The number of fused-ring (bicyclic) bond motifs is 6. The van der Waals surface area contributed by atoms with Gasteiger partial charge < -0.3 is 14.5 Å². The van der Waals surface area contributed by atoms with Crippen LogP contribution in [-0.2, 0) is 29.1 Å². The molecule has 0 atom stereocenters. The molecule has 0 unspecified atom stereocenters. The van der Waals surface area contributed by atoms with E-state index >= 15 is 0 Å². The molecule has 0 amide bonds. The number of carbonyl (C=O) groups is 2. The summed E-state index contributed by atoms with van der Waals surface area (Å²) in [5, 5.41) is 0. The molecule has 15 rings (SSSR count). The van der Waals surface area contributed by atoms with Crippen LogP contribution in [0.15, 0.2) is 125 Å². The molecule has 0 saturated carbocycles. The molecule has 12 aromatic rings. The number of rotatable bonds is 6. The number of carbonyl (C=O) groups excluding carboxylic acids is 2. The average Bonchev–Trinajstić information content (AvgIpc) is 1.61. The highest BCUT2D eigenvalue weighted by atomic mass is 32.2. The Labute approximate surface area is 533 Å². The summed E-state index contributed by atoms with van der Waals surface area (Å²) in [6.07, 6.45) is 10.8. The fraction of sp³-hybridized carbons (Fsp3) is 0.377. The van der Waals surface area contributed by atoms with Crippen molar-refractivity contribution in [1.29, 1.82) is 0 Å². The van der Waals surface area contributed by atoms with Crippen LogP contribution in [0, 0.1) is 0 Å². The summed E-state index contributed by atoms with van der Waals surface area (Å²) in [5.41, 5.74) is 4.22. The van der Waals surface area contributed by atoms with Crippen molar-refractivity contribution >= 4 is 110 Å². The lowest BCUT2D eigenvalue weighted by Gasteiger charge is -2.23. The Kier molecular flexibility index (Phi) is 16.1. The fourth-order valence-corrected chi connectivity index (χ4v) is 15.8. The van der Waals surface area contributed by atoms with Gasteiger partial charge in [0.2, 0.25) is 17.8 Å². The summed E-state index contributed by atoms with van der Waals surface area (Å²) in [6.45, 7) is 10.4. The van der Waals surface area contributed by atoms with E-state index in [1.54, 1.807) is 89.6 Å². The lowest BCUT2D eigenvalue weighted by Crippen LogP contribution is -2.37. The van der Waals surface area contributed by atoms with E-state index in [2.05, 4.69) is 44.9 Å². The molecule has 1 N–H and O–H groups in total. The van der Waals surface area contributed by atoms with E-state index in [-0.39, 0.29) is 70.7 Å². The van der Waals surface area contributed by atoms with Crippen molar-refractivity contribution < 1.29 is 35.9 Å². The summed E-state index contributed by atoms with van der Waals surface area (Å²) in [4.78, 5) is 108. The minimum atomic E-state index is -3.15. The van der Waals surface area contributed by atoms with Crippen LogP contribution in [0.1, 0.15) is 98.2 Å². The number of benzene rings is 3. The number of hydrogen-bond acceptors (Lipinski definition) is 21. The van der Waals surface area contributed by atoms with Gasteiger partial charge in [-0.25, -0.2) is 70.7 Å². The number of aromatic nitrogens is 18. The van der Waals surface area contributed by atoms with Crippen LogP contribution >= 0.6 is 11.8 Å². The molecule has 3 aromatic carbocycles. The van der Waals surface area contributed by atoms with Gasteiger partial charge in [0.05, 0.1) is 74.7 Å². The van der Waals surface area contributed by atoms with Crippen LogP contribution in [-0.4, -0.2) is 161 Å². The van der Waals surface area contributed by atoms with Crippen molar-refractivity contribution in [2.24, 2.45) is 0 Å². The Bertz CT molecular complexity index is 5320. The molecule has 482 valence electrons. The quantitative estimate of drug-likeness (QED) is 0.169. The number of imidazole rings is 6. The third-order valence-electron chi connectivity index (χ3n) is 16.1. The first-order valence-electron chi connectivity index (χ1n) is 30.1. The number of H-pyrrole nitrogens is 1. The Hall–Kier alpha value is -9.69. The number of sulfone groups is 2. The molecule has 3 fully saturated rings. The van der Waals surface area contributed by atoms with Gasteiger partial charge in [0.25, 0.3) is 0 Å². The molecule has 29 nitrogen and oxygen atoms in total. The first-order valence-corrected chi connectivity index (χ1v) is 34.9. The number of para-hydroxylation sites is 6. The molecule has 12 heterocycles. The van der Waals surface area contributed by atoms with E-state index in [4.69, 9.17) is 14.5 Å². The van der Waals surface area contributed by atoms with Crippen molar-refractivity contribution in [3.05, 3.63) is 142 Å². The summed E-state index contributed by atoms with van der Waals surface area (Å²) in [7, 11) is -6.16. The van der Waals surface area contributed by atoms with Crippen LogP contribution in [0.4, 0.5) is 9.59 Å². The van der Waals surface area contributed by atoms with Gasteiger partial charge in [-0.1, -0.05) is 36.4 Å². The lowest BCUT2D eigenvalue weighted by molar-refractivity contribution is 0.0524. The normalized spacial score (nSPS) is 16.6. The molecule has 32 heteroatoms. The summed E-state index contributed by atoms with van der Waals surface area (Å²) < 4.78 is 70.2. The summed E-state index contributed by atoms with van der Waals surface area (Å²) in [5.74, 6) is 3.10. The molecule has 0 aliphatic carbocycles. The van der Waals surface area contributed by atoms with E-state index in [9.17, 15) is 40.8 Å². The fourth-order valence-electron chi connectivity index (χ4n) is 11.8. The predicted octanol–water partition coefficient (Wildman–Crippen LogP) is 7.46. The maximum Gasteiger partial charge on any atom is 0.423 e. The van der Waals surface area contributed by atoms with E-state index in [0.717, 1.165) is 66.6 Å². The van der Waals surface area contributed by atoms with Gasteiger partial charge >= 0.3 is 29.3 Å². The molecular weight excluding hydrogens is 1260 g/mol. The standard InChI is InChI=1S/C22H24N6O5S.C22H24N6O3S.C17H16N6O3S/c1-22(2,3)33-21(30)28-17-12-23-19(26-13-24-15-6-4-5-7-16(15)26)25-18(17)27(20(28)29)14-8-10-34(31,32)11-9-14;1-22(2,3)31-21(30)28-17-12-23-19(26-13-24-15-6-4-5-7-16(15)26)25-18(17)27(20(28)29)14-8-10-32-11-9-14;24-17-20-13-9-18-16(22-10-19-12-3-1-2-4-14(12)22)21-15(13)23(17)11-5-7-27(25,26)8-6-11/h4-7,12-14H,8-11H2,1-3H3;4-7,12-14H,8-11H2,1-3H3;1-4,9-11H,5-8H2,(H,20,24). The second-order valence-corrected chi connectivity index (χ2v) is 30.7. The van der Waals surface area contributed by atoms with Crippen molar-refractivity contribution in [1.82, 2.24) is 86.4 Å². The third-order valence-corrected chi connectivity index (χ3v) is 20.6. The number of ether oxygens (including phenoxy) is 2. The lowest BCUT2D eigenvalue weighted by atomic mass is 10.1. The molecule has 0 spiro atoms. The van der Waals surface area contributed by atoms with Crippen LogP contribution in [0.3, 0.4) is 0 Å². The molecule has 0 bridgehead atoms. The van der Waals surface area contributed by atoms with E-state index < -0.39 is 60.5 Å². The zero-order valence-electron chi connectivity index (χ0n) is 51.4. The molecule has 93 heavy (non-hydrogen) atoms. The topological polar surface area (TPSA) is 343 Å². The first-order chi connectivity index (χ1) is 44.4. The smallest absolute Gasteiger partial charge is 0.423 e. The zero-order valence-corrected chi connectivity index (χ0v) is 53.9. The first kappa shape index (κ1) is 62.1. The minimum absolute atomic E-state index is 0.0304. The SMILES string of the molecule is CC(C)(C)OC(=O)n1c(=O)n(C2CCS(=O)(=O)CC2)c2nc(-n3cnc4ccccc43)ncc21.CC(C)(C)OC(=O)n1c(=O)n(C2CCSCC2)c2nc(-n3cnc4ccccc43)ncc21.O=c1[nH]c2cnc(-n3cnc4ccccc43)nc2n1C1CCS(=O)(=O)CC1. The van der Waals surface area contributed by atoms with Crippen LogP contribution in [0.25, 0.3) is 84.4 Å². The highest BCUT2D eigenvalue weighted by Crippen LogP contribution is 2.32. The van der Waals surface area contributed by atoms with E-state index in [0.29, 0.717) is 47.1 Å². The van der Waals surface area contributed by atoms with Crippen molar-refractivity contribution in [2.45, 2.75) is 109 Å². The van der Waals surface area contributed by atoms with Gasteiger partial charge in [0.1, 0.15) is 66.4 Å². The zero-order chi connectivity index (χ0) is 65.3. The summed E-state index contributed by atoms with van der Waals surface area (Å²) >= 11 is 1.87. The predicted molar refractivity (Wildman–Crippen MR) is 348 cm³/mol. The highest BCUT2D eigenvalue weighted by molar-refractivity contribution is 7.99. The van der Waals surface area contributed by atoms with Gasteiger partial charge in [-0.2, -0.15) is 35.8 Å². The average molecular weight is 1320 g/mol. The van der Waals surface area contributed by atoms with Gasteiger partial charge in [-0.05, 0) is 128 Å².